The van der Waals surface area contributed by atoms with E-state index in [1.807, 2.05) is 0 Å². The summed E-state index contributed by atoms with van der Waals surface area (Å²) in [6, 6.07) is 8.28. The van der Waals surface area contributed by atoms with Gasteiger partial charge >= 0.3 is 5.97 Å². The zero-order chi connectivity index (χ0) is 18.2. The van der Waals surface area contributed by atoms with Gasteiger partial charge in [-0.1, -0.05) is 13.8 Å². The number of ether oxygens (including phenoxy) is 1. The predicted molar refractivity (Wildman–Crippen MR) is 97.9 cm³/mol. The Bertz CT molecular complexity index is 727. The van der Waals surface area contributed by atoms with Gasteiger partial charge in [0.1, 0.15) is 0 Å². The van der Waals surface area contributed by atoms with E-state index in [1.54, 1.807) is 36.5 Å². The van der Waals surface area contributed by atoms with E-state index in [9.17, 15) is 9.59 Å². The molecule has 2 aromatic rings. The quantitative estimate of drug-likeness (QED) is 0.753. The lowest BCUT2D eigenvalue weighted by atomic mass is 10.1. The topological polar surface area (TPSA) is 80.3 Å². The number of anilines is 2. The normalized spacial score (nSPS) is 10.4. The van der Waals surface area contributed by atoms with Crippen LogP contribution in [0.3, 0.4) is 0 Å². The van der Waals surface area contributed by atoms with Crippen LogP contribution < -0.4 is 10.6 Å². The van der Waals surface area contributed by atoms with Crippen molar-refractivity contribution < 1.29 is 14.3 Å². The molecule has 0 saturated heterocycles. The summed E-state index contributed by atoms with van der Waals surface area (Å²) in [6.07, 6.45) is 4.26. The fraction of sp³-hybridized carbons (Fsp3) is 0.316. The van der Waals surface area contributed by atoms with Crippen molar-refractivity contribution in [2.75, 3.05) is 24.3 Å². The molecular weight excluding hydrogens is 318 g/mol. The van der Waals surface area contributed by atoms with Crippen LogP contribution in [0.1, 0.15) is 41.0 Å². The first-order chi connectivity index (χ1) is 12.0. The summed E-state index contributed by atoms with van der Waals surface area (Å²) in [5, 5.41) is 6.05. The molecule has 0 aliphatic rings. The molecule has 25 heavy (non-hydrogen) atoms. The van der Waals surface area contributed by atoms with E-state index in [0.717, 1.165) is 18.7 Å². The molecule has 6 heteroatoms. The second-order valence-electron chi connectivity index (χ2n) is 6.09. The second-order valence-corrected chi connectivity index (χ2v) is 6.09. The molecule has 2 N–H and O–H groups in total. The Labute approximate surface area is 147 Å². The highest BCUT2D eigenvalue weighted by Gasteiger charge is 2.09. The van der Waals surface area contributed by atoms with E-state index in [-0.39, 0.29) is 5.91 Å². The molecule has 0 fully saturated rings. The van der Waals surface area contributed by atoms with Gasteiger partial charge in [0.2, 0.25) is 0 Å². The first-order valence-electron chi connectivity index (χ1n) is 8.18. The van der Waals surface area contributed by atoms with Gasteiger partial charge in [0.25, 0.3) is 5.91 Å². The smallest absolute Gasteiger partial charge is 0.337 e. The SMILES string of the molecule is COC(=O)c1ccc(NC(=O)c2cncc(NCCC(C)C)c2)cc1. The number of carbonyl (C=O) groups excluding carboxylic acids is 2. The minimum absolute atomic E-state index is 0.258. The maximum absolute atomic E-state index is 12.4. The zero-order valence-electron chi connectivity index (χ0n) is 14.7. The fourth-order valence-electron chi connectivity index (χ4n) is 2.18. The summed E-state index contributed by atoms with van der Waals surface area (Å²) in [5.74, 6) is -0.0621. The van der Waals surface area contributed by atoms with E-state index in [0.29, 0.717) is 22.7 Å². The highest BCUT2D eigenvalue weighted by atomic mass is 16.5. The number of aromatic nitrogens is 1. The van der Waals surface area contributed by atoms with Crippen LogP contribution in [-0.2, 0) is 4.74 Å². The number of carbonyl (C=O) groups is 2. The van der Waals surface area contributed by atoms with Gasteiger partial charge in [0.15, 0.2) is 0 Å². The number of hydrogen-bond donors (Lipinski definition) is 2. The molecule has 1 amide bonds. The minimum atomic E-state index is -0.415. The van der Waals surface area contributed by atoms with Gasteiger partial charge in [-0.2, -0.15) is 0 Å². The molecule has 1 aromatic heterocycles. The third-order valence-electron chi connectivity index (χ3n) is 3.62. The number of pyridine rings is 1. The predicted octanol–water partition coefficient (Wildman–Crippen LogP) is 3.58. The van der Waals surface area contributed by atoms with Gasteiger partial charge in [-0.05, 0) is 42.7 Å². The van der Waals surface area contributed by atoms with E-state index < -0.39 is 5.97 Å². The van der Waals surface area contributed by atoms with Crippen molar-refractivity contribution in [2.45, 2.75) is 20.3 Å². The molecule has 0 aliphatic heterocycles. The largest absolute Gasteiger partial charge is 0.465 e. The van der Waals surface area contributed by atoms with Gasteiger partial charge in [-0.3, -0.25) is 9.78 Å². The minimum Gasteiger partial charge on any atom is -0.465 e. The Morgan fingerprint density at radius 2 is 1.80 bits per heavy atom. The Hall–Kier alpha value is -2.89. The van der Waals surface area contributed by atoms with Crippen LogP contribution in [0.25, 0.3) is 0 Å². The average Bonchev–Trinajstić information content (AvgIpc) is 2.61. The molecule has 0 saturated carbocycles. The Morgan fingerprint density at radius 1 is 1.08 bits per heavy atom. The maximum Gasteiger partial charge on any atom is 0.337 e. The lowest BCUT2D eigenvalue weighted by Gasteiger charge is -2.10. The number of benzene rings is 1. The summed E-state index contributed by atoms with van der Waals surface area (Å²) in [5.41, 5.74) is 2.30. The number of nitrogens with one attached hydrogen (secondary N) is 2. The summed E-state index contributed by atoms with van der Waals surface area (Å²) in [4.78, 5) is 27.9. The van der Waals surface area contributed by atoms with Gasteiger partial charge in [0.05, 0.1) is 23.9 Å². The van der Waals surface area contributed by atoms with Gasteiger partial charge in [0, 0.05) is 24.6 Å². The Morgan fingerprint density at radius 3 is 2.44 bits per heavy atom. The summed E-state index contributed by atoms with van der Waals surface area (Å²) in [6.45, 7) is 5.16. The number of rotatable bonds is 7. The highest BCUT2D eigenvalue weighted by molar-refractivity contribution is 6.04. The van der Waals surface area contributed by atoms with Crippen LogP contribution in [0.15, 0.2) is 42.7 Å². The molecule has 132 valence electrons. The van der Waals surface area contributed by atoms with Crippen LogP contribution >= 0.6 is 0 Å². The van der Waals surface area contributed by atoms with E-state index in [4.69, 9.17) is 0 Å². The average molecular weight is 341 g/mol. The highest BCUT2D eigenvalue weighted by Crippen LogP contribution is 2.14. The van der Waals surface area contributed by atoms with Crippen LogP contribution in [-0.4, -0.2) is 30.5 Å². The van der Waals surface area contributed by atoms with Gasteiger partial charge in [-0.15, -0.1) is 0 Å². The Kier molecular flexibility index (Phi) is 6.51. The van der Waals surface area contributed by atoms with Crippen molar-refractivity contribution in [1.82, 2.24) is 4.98 Å². The van der Waals surface area contributed by atoms with E-state index >= 15 is 0 Å². The first-order valence-corrected chi connectivity index (χ1v) is 8.18. The number of esters is 1. The van der Waals surface area contributed by atoms with Crippen molar-refractivity contribution in [1.29, 1.82) is 0 Å². The Balaban J connectivity index is 1.99. The van der Waals surface area contributed by atoms with Crippen LogP contribution in [0.2, 0.25) is 0 Å². The third-order valence-corrected chi connectivity index (χ3v) is 3.62. The molecular formula is C19H23N3O3. The van der Waals surface area contributed by atoms with Gasteiger partial charge in [-0.25, -0.2) is 4.79 Å². The van der Waals surface area contributed by atoms with Crippen LogP contribution in [0.4, 0.5) is 11.4 Å². The van der Waals surface area contributed by atoms with Crippen molar-refractivity contribution in [3.63, 3.8) is 0 Å². The van der Waals surface area contributed by atoms with E-state index in [1.165, 1.54) is 13.3 Å². The molecule has 0 bridgehead atoms. The molecule has 0 spiro atoms. The molecule has 0 unspecified atom stereocenters. The third kappa shape index (κ3) is 5.60. The van der Waals surface area contributed by atoms with Crippen molar-refractivity contribution in [2.24, 2.45) is 5.92 Å². The van der Waals surface area contributed by atoms with Crippen molar-refractivity contribution >= 4 is 23.3 Å². The molecule has 6 nitrogen and oxygen atoms in total. The monoisotopic (exact) mass is 341 g/mol. The molecule has 0 atom stereocenters. The molecule has 0 aliphatic carbocycles. The van der Waals surface area contributed by atoms with E-state index in [2.05, 4.69) is 34.2 Å². The lowest BCUT2D eigenvalue weighted by molar-refractivity contribution is 0.0600. The molecule has 1 aromatic carbocycles. The number of nitrogens with zero attached hydrogens (tertiary/aromatic N) is 1. The van der Waals surface area contributed by atoms with Crippen molar-refractivity contribution in [3.05, 3.63) is 53.9 Å². The molecule has 2 rings (SSSR count). The van der Waals surface area contributed by atoms with Gasteiger partial charge < -0.3 is 15.4 Å². The number of methoxy groups -OCH3 is 1. The van der Waals surface area contributed by atoms with Crippen LogP contribution in [0.5, 0.6) is 0 Å². The second kappa shape index (κ2) is 8.82. The maximum atomic E-state index is 12.4. The van der Waals surface area contributed by atoms with Crippen molar-refractivity contribution in [3.8, 4) is 0 Å². The number of amides is 1. The van der Waals surface area contributed by atoms with Crippen LogP contribution in [0, 0.1) is 5.92 Å². The standard InChI is InChI=1S/C19H23N3O3/c1-13(2)8-9-21-17-10-15(11-20-12-17)18(23)22-16-6-4-14(5-7-16)19(24)25-3/h4-7,10-13,21H,8-9H2,1-3H3,(H,22,23). The molecule has 1 heterocycles. The first kappa shape index (κ1) is 18.4. The zero-order valence-corrected chi connectivity index (χ0v) is 14.7. The summed E-state index contributed by atoms with van der Waals surface area (Å²) >= 11 is 0. The fourth-order valence-corrected chi connectivity index (χ4v) is 2.18. The summed E-state index contributed by atoms with van der Waals surface area (Å²) in [7, 11) is 1.33. The molecule has 0 radical (unpaired) electrons. The summed E-state index contributed by atoms with van der Waals surface area (Å²) < 4.78 is 4.65. The number of hydrogen-bond acceptors (Lipinski definition) is 5. The lowest BCUT2D eigenvalue weighted by Crippen LogP contribution is -2.13.